The zero-order valence-corrected chi connectivity index (χ0v) is 12.4. The lowest BCUT2D eigenvalue weighted by atomic mass is 10.0. The van der Waals surface area contributed by atoms with Gasteiger partial charge >= 0.3 is 0 Å². The van der Waals surface area contributed by atoms with E-state index in [0.717, 1.165) is 19.8 Å². The first-order chi connectivity index (χ1) is 6.57. The zero-order valence-electron chi connectivity index (χ0n) is 8.41. The molecular formula is C8H13BrN2S3. The highest BCUT2D eigenvalue weighted by Crippen LogP contribution is 2.32. The highest BCUT2D eigenvalue weighted by atomic mass is 79.9. The van der Waals surface area contributed by atoms with E-state index in [1.807, 2.05) is 6.26 Å². The van der Waals surface area contributed by atoms with Crippen molar-refractivity contribution in [2.75, 3.05) is 17.3 Å². The largest absolute Gasteiger partial charge is 0.175 e. The van der Waals surface area contributed by atoms with Crippen molar-refractivity contribution in [3.63, 3.8) is 0 Å². The van der Waals surface area contributed by atoms with Crippen molar-refractivity contribution in [1.29, 1.82) is 0 Å². The number of rotatable bonds is 5. The van der Waals surface area contributed by atoms with E-state index in [1.54, 1.807) is 34.9 Å². The number of alkyl halides is 1. The lowest BCUT2D eigenvalue weighted by Crippen LogP contribution is -2.15. The third kappa shape index (κ3) is 4.08. The summed E-state index contributed by atoms with van der Waals surface area (Å²) in [6.07, 6.45) is 2.03. The molecule has 14 heavy (non-hydrogen) atoms. The second kappa shape index (κ2) is 5.72. The van der Waals surface area contributed by atoms with Crippen molar-refractivity contribution in [3.05, 3.63) is 0 Å². The highest BCUT2D eigenvalue weighted by molar-refractivity contribution is 9.09. The number of thioether (sulfide) groups is 2. The van der Waals surface area contributed by atoms with Crippen LogP contribution < -0.4 is 0 Å². The van der Waals surface area contributed by atoms with Gasteiger partial charge in [0, 0.05) is 11.1 Å². The molecule has 6 heteroatoms. The molecule has 0 aliphatic rings. The maximum absolute atomic E-state index is 4.12. The third-order valence-electron chi connectivity index (χ3n) is 1.51. The van der Waals surface area contributed by atoms with E-state index < -0.39 is 0 Å². The average molecular weight is 313 g/mol. The molecule has 0 N–H and O–H groups in total. The minimum Gasteiger partial charge on any atom is -0.131 e. The standard InChI is InChI=1S/C8H13BrN2S3/c1-8(2,4-9)5-13-7-11-10-6(12-3)14-7/h4-5H2,1-3H3. The summed E-state index contributed by atoms with van der Waals surface area (Å²) in [6, 6.07) is 0. The number of hydrogen-bond acceptors (Lipinski definition) is 5. The molecule has 0 fully saturated rings. The summed E-state index contributed by atoms with van der Waals surface area (Å²) >= 11 is 8.63. The molecule has 1 aromatic rings. The average Bonchev–Trinajstić information content (AvgIpc) is 2.63. The van der Waals surface area contributed by atoms with Crippen LogP contribution in [0.2, 0.25) is 0 Å². The Labute approximate surface area is 106 Å². The van der Waals surface area contributed by atoms with Gasteiger partial charge in [-0.2, -0.15) is 0 Å². The lowest BCUT2D eigenvalue weighted by molar-refractivity contribution is 0.496. The maximum atomic E-state index is 4.12. The van der Waals surface area contributed by atoms with Gasteiger partial charge < -0.3 is 0 Å². The summed E-state index contributed by atoms with van der Waals surface area (Å²) in [4.78, 5) is 0. The molecule has 2 nitrogen and oxygen atoms in total. The quantitative estimate of drug-likeness (QED) is 0.610. The summed E-state index contributed by atoms with van der Waals surface area (Å²) in [5.41, 5.74) is 0.315. The number of hydrogen-bond donors (Lipinski definition) is 0. The fraction of sp³-hybridized carbons (Fsp3) is 0.750. The first-order valence-corrected chi connectivity index (χ1v) is 8.28. The van der Waals surface area contributed by atoms with Crippen LogP contribution in [0, 0.1) is 5.41 Å². The van der Waals surface area contributed by atoms with Gasteiger partial charge in [-0.05, 0) is 11.7 Å². The van der Waals surface area contributed by atoms with Gasteiger partial charge in [0.2, 0.25) is 0 Å². The topological polar surface area (TPSA) is 25.8 Å². The zero-order chi connectivity index (χ0) is 10.6. The molecule has 0 unspecified atom stereocenters. The van der Waals surface area contributed by atoms with Crippen LogP contribution in [0.4, 0.5) is 0 Å². The van der Waals surface area contributed by atoms with Crippen molar-refractivity contribution >= 4 is 50.8 Å². The van der Waals surface area contributed by atoms with E-state index in [9.17, 15) is 0 Å². The number of halogens is 1. The van der Waals surface area contributed by atoms with Crippen LogP contribution in [0.1, 0.15) is 13.8 Å². The SMILES string of the molecule is CSc1nnc(SCC(C)(C)CBr)s1. The summed E-state index contributed by atoms with van der Waals surface area (Å²) in [7, 11) is 0. The van der Waals surface area contributed by atoms with Crippen LogP contribution in [0.15, 0.2) is 8.68 Å². The van der Waals surface area contributed by atoms with Gasteiger partial charge in [-0.25, -0.2) is 0 Å². The van der Waals surface area contributed by atoms with Crippen LogP contribution >= 0.6 is 50.8 Å². The molecule has 1 rings (SSSR count). The van der Waals surface area contributed by atoms with Crippen molar-refractivity contribution in [1.82, 2.24) is 10.2 Å². The summed E-state index contributed by atoms with van der Waals surface area (Å²) in [6.45, 7) is 4.48. The molecule has 0 atom stereocenters. The maximum Gasteiger partial charge on any atom is 0.175 e. The Balaban J connectivity index is 2.45. The van der Waals surface area contributed by atoms with Gasteiger partial charge in [0.1, 0.15) is 0 Å². The van der Waals surface area contributed by atoms with Crippen LogP contribution in [0.3, 0.4) is 0 Å². The molecule has 0 spiro atoms. The molecule has 1 aromatic heterocycles. The van der Waals surface area contributed by atoms with Gasteiger partial charge in [0.05, 0.1) is 0 Å². The predicted octanol–water partition coefficient (Wildman–Crippen LogP) is 3.77. The molecule has 80 valence electrons. The molecule has 0 amide bonds. The summed E-state index contributed by atoms with van der Waals surface area (Å²) < 4.78 is 2.12. The number of aromatic nitrogens is 2. The molecule has 1 heterocycles. The first kappa shape index (κ1) is 12.8. The summed E-state index contributed by atoms with van der Waals surface area (Å²) in [5, 5.41) is 9.19. The Morgan fingerprint density at radius 2 is 2.00 bits per heavy atom. The van der Waals surface area contributed by atoms with Crippen molar-refractivity contribution in [2.24, 2.45) is 5.41 Å². The van der Waals surface area contributed by atoms with E-state index in [0.29, 0.717) is 5.41 Å². The van der Waals surface area contributed by atoms with E-state index >= 15 is 0 Å². The molecule has 0 bridgehead atoms. The van der Waals surface area contributed by atoms with Gasteiger partial charge in [-0.1, -0.05) is 64.6 Å². The fourth-order valence-corrected chi connectivity index (χ4v) is 3.62. The van der Waals surface area contributed by atoms with Crippen LogP contribution in [-0.2, 0) is 0 Å². The Morgan fingerprint density at radius 1 is 1.36 bits per heavy atom. The second-order valence-corrected chi connectivity index (χ2v) is 7.44. The molecule has 0 aliphatic carbocycles. The summed E-state index contributed by atoms with van der Waals surface area (Å²) in [5.74, 6) is 1.07. The predicted molar refractivity (Wildman–Crippen MR) is 70.0 cm³/mol. The van der Waals surface area contributed by atoms with Crippen LogP contribution in [0.5, 0.6) is 0 Å². The van der Waals surface area contributed by atoms with Crippen molar-refractivity contribution in [3.8, 4) is 0 Å². The van der Waals surface area contributed by atoms with Crippen molar-refractivity contribution < 1.29 is 0 Å². The Hall–Kier alpha value is 0.740. The normalized spacial score (nSPS) is 12.0. The molecule has 0 saturated carbocycles. The van der Waals surface area contributed by atoms with Gasteiger partial charge in [0.25, 0.3) is 0 Å². The van der Waals surface area contributed by atoms with E-state index in [4.69, 9.17) is 0 Å². The van der Waals surface area contributed by atoms with Crippen molar-refractivity contribution in [2.45, 2.75) is 22.5 Å². The van der Waals surface area contributed by atoms with Crippen LogP contribution in [0.25, 0.3) is 0 Å². The molecule has 0 saturated heterocycles. The molecule has 0 radical (unpaired) electrons. The van der Waals surface area contributed by atoms with E-state index in [1.165, 1.54) is 0 Å². The molecular weight excluding hydrogens is 300 g/mol. The van der Waals surface area contributed by atoms with Gasteiger partial charge in [-0.15, -0.1) is 10.2 Å². The first-order valence-electron chi connectivity index (χ1n) is 4.14. The smallest absolute Gasteiger partial charge is 0.131 e. The minimum atomic E-state index is 0.315. The number of nitrogens with zero attached hydrogens (tertiary/aromatic N) is 2. The third-order valence-corrected chi connectivity index (χ3v) is 6.58. The highest BCUT2D eigenvalue weighted by Gasteiger charge is 2.17. The molecule has 0 aromatic carbocycles. The lowest BCUT2D eigenvalue weighted by Gasteiger charge is -2.19. The Kier molecular flexibility index (Phi) is 5.24. The van der Waals surface area contributed by atoms with Gasteiger partial charge in [-0.3, -0.25) is 0 Å². The fourth-order valence-electron chi connectivity index (χ4n) is 0.634. The van der Waals surface area contributed by atoms with Crippen LogP contribution in [-0.4, -0.2) is 27.5 Å². The van der Waals surface area contributed by atoms with E-state index in [-0.39, 0.29) is 0 Å². The van der Waals surface area contributed by atoms with Gasteiger partial charge in [0.15, 0.2) is 8.68 Å². The monoisotopic (exact) mass is 312 g/mol. The molecule has 0 aliphatic heterocycles. The Morgan fingerprint density at radius 3 is 2.50 bits per heavy atom. The second-order valence-electron chi connectivity index (χ2n) is 3.62. The van der Waals surface area contributed by atoms with E-state index in [2.05, 4.69) is 40.0 Å². The minimum absolute atomic E-state index is 0.315. The Bertz CT molecular complexity index is 288.